The summed E-state index contributed by atoms with van der Waals surface area (Å²) < 4.78 is 0. The molecule has 0 bridgehead atoms. The van der Waals surface area contributed by atoms with Gasteiger partial charge in [0.15, 0.2) is 0 Å². The summed E-state index contributed by atoms with van der Waals surface area (Å²) in [4.78, 5) is 22.6. The Labute approximate surface area is 117 Å². The van der Waals surface area contributed by atoms with Crippen molar-refractivity contribution in [3.63, 3.8) is 0 Å². The van der Waals surface area contributed by atoms with Gasteiger partial charge in [0.1, 0.15) is 5.56 Å². The Morgan fingerprint density at radius 3 is 2.75 bits per heavy atom. The van der Waals surface area contributed by atoms with Crippen LogP contribution in [0.25, 0.3) is 0 Å². The topological polar surface area (TPSA) is 92.5 Å². The average Bonchev–Trinajstić information content (AvgIpc) is 2.47. The zero-order valence-corrected chi connectivity index (χ0v) is 11.1. The molecule has 0 radical (unpaired) electrons. The van der Waals surface area contributed by atoms with E-state index in [2.05, 4.69) is 5.32 Å². The number of benzene rings is 1. The molecular weight excluding hydrogens is 260 g/mol. The highest BCUT2D eigenvalue weighted by molar-refractivity contribution is 5.98. The summed E-state index contributed by atoms with van der Waals surface area (Å²) in [6.45, 7) is 0.0296. The SMILES string of the molecule is O=C(NC1CCCCC1CO)c1ccccc1[N+](=O)[O-]. The summed E-state index contributed by atoms with van der Waals surface area (Å²) in [6.07, 6.45) is 3.72. The van der Waals surface area contributed by atoms with E-state index in [1.807, 2.05) is 0 Å². The van der Waals surface area contributed by atoms with Crippen molar-refractivity contribution in [2.45, 2.75) is 31.7 Å². The fourth-order valence-corrected chi connectivity index (χ4v) is 2.69. The first-order chi connectivity index (χ1) is 9.63. The van der Waals surface area contributed by atoms with Gasteiger partial charge >= 0.3 is 0 Å². The predicted molar refractivity (Wildman–Crippen MR) is 73.4 cm³/mol. The van der Waals surface area contributed by atoms with E-state index in [1.165, 1.54) is 18.2 Å². The second-order valence-electron chi connectivity index (χ2n) is 5.08. The predicted octanol–water partition coefficient (Wildman–Crippen LogP) is 1.88. The lowest BCUT2D eigenvalue weighted by Crippen LogP contribution is -2.43. The molecule has 6 heteroatoms. The fourth-order valence-electron chi connectivity index (χ4n) is 2.69. The molecule has 2 rings (SSSR count). The van der Waals surface area contributed by atoms with Crippen LogP contribution in [0.3, 0.4) is 0 Å². The van der Waals surface area contributed by atoms with Crippen LogP contribution in [0.5, 0.6) is 0 Å². The normalized spacial score (nSPS) is 22.2. The standard InChI is InChI=1S/C14H18N2O4/c17-9-10-5-1-3-7-12(10)15-14(18)11-6-2-4-8-13(11)16(19)20/h2,4,6,8,10,12,17H,1,3,5,7,9H2,(H,15,18). The Morgan fingerprint density at radius 2 is 2.05 bits per heavy atom. The molecule has 1 aromatic rings. The minimum Gasteiger partial charge on any atom is -0.396 e. The van der Waals surface area contributed by atoms with Gasteiger partial charge in [-0.05, 0) is 18.9 Å². The van der Waals surface area contributed by atoms with Gasteiger partial charge in [-0.25, -0.2) is 0 Å². The van der Waals surface area contributed by atoms with E-state index in [0.717, 1.165) is 25.7 Å². The molecule has 0 spiro atoms. The molecule has 0 aromatic heterocycles. The molecule has 20 heavy (non-hydrogen) atoms. The summed E-state index contributed by atoms with van der Waals surface area (Å²) in [5.74, 6) is -0.405. The number of amides is 1. The van der Waals surface area contributed by atoms with Gasteiger partial charge in [0.05, 0.1) is 4.92 Å². The van der Waals surface area contributed by atoms with Crippen LogP contribution in [0.4, 0.5) is 5.69 Å². The van der Waals surface area contributed by atoms with Crippen LogP contribution in [0.15, 0.2) is 24.3 Å². The van der Waals surface area contributed by atoms with Crippen molar-refractivity contribution in [3.8, 4) is 0 Å². The average molecular weight is 278 g/mol. The zero-order valence-electron chi connectivity index (χ0n) is 11.1. The molecule has 2 N–H and O–H groups in total. The molecule has 0 heterocycles. The molecule has 1 saturated carbocycles. The number of aliphatic hydroxyl groups excluding tert-OH is 1. The van der Waals surface area contributed by atoms with E-state index < -0.39 is 10.8 Å². The van der Waals surface area contributed by atoms with Gasteiger partial charge in [-0.1, -0.05) is 25.0 Å². The summed E-state index contributed by atoms with van der Waals surface area (Å²) in [7, 11) is 0. The van der Waals surface area contributed by atoms with Crippen molar-refractivity contribution in [1.29, 1.82) is 0 Å². The first-order valence-electron chi connectivity index (χ1n) is 6.78. The van der Waals surface area contributed by atoms with E-state index >= 15 is 0 Å². The number of carbonyl (C=O) groups excluding carboxylic acids is 1. The Balaban J connectivity index is 2.13. The van der Waals surface area contributed by atoms with Gasteiger partial charge in [0.2, 0.25) is 0 Å². The summed E-state index contributed by atoms with van der Waals surface area (Å²) in [5.41, 5.74) is -0.124. The molecule has 1 aliphatic rings. The number of carbonyl (C=O) groups is 1. The van der Waals surface area contributed by atoms with E-state index in [-0.39, 0.29) is 29.8 Å². The van der Waals surface area contributed by atoms with Crippen LogP contribution in [-0.2, 0) is 0 Å². The first kappa shape index (κ1) is 14.5. The maximum atomic E-state index is 12.2. The lowest BCUT2D eigenvalue weighted by Gasteiger charge is -2.30. The minimum absolute atomic E-state index is 0.0296. The van der Waals surface area contributed by atoms with Crippen molar-refractivity contribution in [3.05, 3.63) is 39.9 Å². The molecule has 0 saturated heterocycles. The van der Waals surface area contributed by atoms with E-state index in [0.29, 0.717) is 0 Å². The monoisotopic (exact) mass is 278 g/mol. The van der Waals surface area contributed by atoms with Gasteiger partial charge in [0.25, 0.3) is 11.6 Å². The first-order valence-corrected chi connectivity index (χ1v) is 6.78. The fraction of sp³-hybridized carbons (Fsp3) is 0.500. The molecule has 6 nitrogen and oxygen atoms in total. The molecule has 1 fully saturated rings. The van der Waals surface area contributed by atoms with Crippen LogP contribution in [0.1, 0.15) is 36.0 Å². The summed E-state index contributed by atoms with van der Waals surface area (Å²) >= 11 is 0. The molecule has 2 atom stereocenters. The van der Waals surface area contributed by atoms with Crippen LogP contribution >= 0.6 is 0 Å². The summed E-state index contributed by atoms with van der Waals surface area (Å²) in [6, 6.07) is 5.79. The largest absolute Gasteiger partial charge is 0.396 e. The molecule has 108 valence electrons. The molecule has 1 aliphatic carbocycles. The lowest BCUT2D eigenvalue weighted by molar-refractivity contribution is -0.385. The van der Waals surface area contributed by atoms with Crippen molar-refractivity contribution < 1.29 is 14.8 Å². The highest BCUT2D eigenvalue weighted by Gasteiger charge is 2.28. The second kappa shape index (κ2) is 6.47. The molecule has 1 aromatic carbocycles. The number of para-hydroxylation sites is 1. The van der Waals surface area contributed by atoms with Gasteiger partial charge in [0, 0.05) is 24.6 Å². The van der Waals surface area contributed by atoms with Crippen LogP contribution in [0, 0.1) is 16.0 Å². The minimum atomic E-state index is -0.556. The zero-order chi connectivity index (χ0) is 14.5. The van der Waals surface area contributed by atoms with Gasteiger partial charge in [-0.3, -0.25) is 14.9 Å². The number of rotatable bonds is 4. The van der Waals surface area contributed by atoms with Crippen LogP contribution in [0.2, 0.25) is 0 Å². The van der Waals surface area contributed by atoms with Gasteiger partial charge in [-0.15, -0.1) is 0 Å². The number of nitrogens with one attached hydrogen (secondary N) is 1. The van der Waals surface area contributed by atoms with E-state index in [9.17, 15) is 20.0 Å². The second-order valence-corrected chi connectivity index (χ2v) is 5.08. The number of hydrogen-bond donors (Lipinski definition) is 2. The highest BCUT2D eigenvalue weighted by Crippen LogP contribution is 2.25. The Morgan fingerprint density at radius 1 is 1.35 bits per heavy atom. The Kier molecular flexibility index (Phi) is 4.68. The van der Waals surface area contributed by atoms with Gasteiger partial charge in [-0.2, -0.15) is 0 Å². The maximum Gasteiger partial charge on any atom is 0.282 e. The number of aliphatic hydroxyl groups is 1. The third-order valence-corrected chi connectivity index (χ3v) is 3.81. The molecule has 2 unspecified atom stereocenters. The lowest BCUT2D eigenvalue weighted by atomic mass is 9.85. The highest BCUT2D eigenvalue weighted by atomic mass is 16.6. The third-order valence-electron chi connectivity index (χ3n) is 3.81. The van der Waals surface area contributed by atoms with Crippen molar-refractivity contribution in [2.24, 2.45) is 5.92 Å². The van der Waals surface area contributed by atoms with Gasteiger partial charge < -0.3 is 10.4 Å². The Bertz CT molecular complexity index is 504. The van der Waals surface area contributed by atoms with Crippen LogP contribution in [-0.4, -0.2) is 28.6 Å². The van der Waals surface area contributed by atoms with Crippen molar-refractivity contribution >= 4 is 11.6 Å². The van der Waals surface area contributed by atoms with Crippen molar-refractivity contribution in [1.82, 2.24) is 5.32 Å². The number of nitro groups is 1. The van der Waals surface area contributed by atoms with Crippen molar-refractivity contribution in [2.75, 3.05) is 6.61 Å². The summed E-state index contributed by atoms with van der Waals surface area (Å²) in [5, 5.41) is 23.1. The third kappa shape index (κ3) is 3.14. The smallest absolute Gasteiger partial charge is 0.282 e. The Hall–Kier alpha value is -1.95. The molecule has 0 aliphatic heterocycles. The quantitative estimate of drug-likeness (QED) is 0.649. The maximum absolute atomic E-state index is 12.2. The number of hydrogen-bond acceptors (Lipinski definition) is 4. The molecule has 1 amide bonds. The number of nitro benzene ring substituents is 1. The molecular formula is C14H18N2O4. The van der Waals surface area contributed by atoms with E-state index in [4.69, 9.17) is 0 Å². The number of nitrogens with zero attached hydrogens (tertiary/aromatic N) is 1. The van der Waals surface area contributed by atoms with Crippen LogP contribution < -0.4 is 5.32 Å². The van der Waals surface area contributed by atoms with E-state index in [1.54, 1.807) is 6.07 Å².